The van der Waals surface area contributed by atoms with Gasteiger partial charge in [-0.3, -0.25) is 9.69 Å². The van der Waals surface area contributed by atoms with Crippen molar-refractivity contribution >= 4 is 38.1 Å². The molecule has 9 heteroatoms. The van der Waals surface area contributed by atoms with Crippen molar-refractivity contribution in [2.24, 2.45) is 5.10 Å². The maximum Gasteiger partial charge on any atom is 0.254 e. The molecule has 0 spiro atoms. The van der Waals surface area contributed by atoms with Gasteiger partial charge >= 0.3 is 0 Å². The molecule has 2 aromatic carbocycles. The Bertz CT molecular complexity index is 985. The number of sulfonamides is 1. The zero-order chi connectivity index (χ0) is 20.9. The second-order valence-electron chi connectivity index (χ2n) is 6.84. The zero-order valence-electron chi connectivity index (χ0n) is 16.1. The number of aryl methyl sites for hydroxylation is 1. The van der Waals surface area contributed by atoms with Crippen LogP contribution in [0.15, 0.2) is 63.0 Å². The van der Waals surface area contributed by atoms with E-state index in [2.05, 4.69) is 26.5 Å². The van der Waals surface area contributed by atoms with Gasteiger partial charge in [-0.1, -0.05) is 45.8 Å². The van der Waals surface area contributed by atoms with Crippen molar-refractivity contribution in [1.29, 1.82) is 0 Å². The summed E-state index contributed by atoms with van der Waals surface area (Å²) in [6.45, 7) is 3.84. The Morgan fingerprint density at radius 1 is 1.14 bits per heavy atom. The van der Waals surface area contributed by atoms with E-state index in [1.165, 1.54) is 4.31 Å². The van der Waals surface area contributed by atoms with Crippen LogP contribution in [0.3, 0.4) is 0 Å². The fourth-order valence-electron chi connectivity index (χ4n) is 3.05. The molecule has 2 aromatic rings. The molecule has 1 amide bonds. The van der Waals surface area contributed by atoms with E-state index in [1.54, 1.807) is 30.5 Å². The predicted octanol–water partition coefficient (Wildman–Crippen LogP) is 2.21. The summed E-state index contributed by atoms with van der Waals surface area (Å²) in [6, 6.07) is 14.4. The average molecular weight is 479 g/mol. The number of benzene rings is 2. The van der Waals surface area contributed by atoms with E-state index in [9.17, 15) is 13.2 Å². The van der Waals surface area contributed by atoms with Crippen molar-refractivity contribution < 1.29 is 13.2 Å². The quantitative estimate of drug-likeness (QED) is 0.509. The molecular formula is C20H23BrN4O3S. The zero-order valence-corrected chi connectivity index (χ0v) is 18.5. The summed E-state index contributed by atoms with van der Waals surface area (Å²) in [4.78, 5) is 14.3. The van der Waals surface area contributed by atoms with E-state index < -0.39 is 10.0 Å². The van der Waals surface area contributed by atoms with Gasteiger partial charge in [0.15, 0.2) is 0 Å². The first-order valence-electron chi connectivity index (χ1n) is 9.21. The largest absolute Gasteiger partial charge is 0.292 e. The van der Waals surface area contributed by atoms with Gasteiger partial charge in [-0.2, -0.15) is 9.41 Å². The van der Waals surface area contributed by atoms with Crippen LogP contribution in [0.4, 0.5) is 0 Å². The molecule has 1 aliphatic rings. The van der Waals surface area contributed by atoms with Crippen LogP contribution in [0.5, 0.6) is 0 Å². The van der Waals surface area contributed by atoms with E-state index >= 15 is 0 Å². The number of halogens is 1. The molecule has 1 heterocycles. The summed E-state index contributed by atoms with van der Waals surface area (Å²) in [5.41, 5.74) is 4.56. The number of rotatable bonds is 6. The number of carbonyl (C=O) groups is 1. The number of carbonyl (C=O) groups excluding carboxylic acids is 1. The summed E-state index contributed by atoms with van der Waals surface area (Å²) in [5.74, 6) is -0.224. The molecule has 1 saturated heterocycles. The van der Waals surface area contributed by atoms with Gasteiger partial charge in [0.05, 0.1) is 17.7 Å². The molecular weight excluding hydrogens is 456 g/mol. The van der Waals surface area contributed by atoms with E-state index in [0.717, 1.165) is 15.6 Å². The second kappa shape index (κ2) is 9.62. The maximum absolute atomic E-state index is 12.7. The molecule has 0 atom stereocenters. The SMILES string of the molecule is Cc1cccc(/C=N/NC(=O)CN2CCN(S(=O)(=O)c3ccc(Br)cc3)CC2)c1. The first-order valence-corrected chi connectivity index (χ1v) is 11.4. The number of amides is 1. The Hall–Kier alpha value is -2.07. The van der Waals surface area contributed by atoms with Gasteiger partial charge in [-0.25, -0.2) is 13.8 Å². The van der Waals surface area contributed by atoms with E-state index in [1.807, 2.05) is 36.1 Å². The second-order valence-corrected chi connectivity index (χ2v) is 9.70. The van der Waals surface area contributed by atoms with Crippen molar-refractivity contribution in [2.45, 2.75) is 11.8 Å². The molecule has 7 nitrogen and oxygen atoms in total. The van der Waals surface area contributed by atoms with Crippen LogP contribution in [0, 0.1) is 6.92 Å². The Labute approximate surface area is 179 Å². The predicted molar refractivity (Wildman–Crippen MR) is 116 cm³/mol. The van der Waals surface area contributed by atoms with Crippen LogP contribution >= 0.6 is 15.9 Å². The summed E-state index contributed by atoms with van der Waals surface area (Å²) >= 11 is 3.31. The maximum atomic E-state index is 12.7. The monoisotopic (exact) mass is 478 g/mol. The minimum Gasteiger partial charge on any atom is -0.292 e. The third kappa shape index (κ3) is 5.96. The highest BCUT2D eigenvalue weighted by Crippen LogP contribution is 2.20. The van der Waals surface area contributed by atoms with Gasteiger partial charge < -0.3 is 0 Å². The lowest BCUT2D eigenvalue weighted by Crippen LogP contribution is -2.50. The number of nitrogens with zero attached hydrogens (tertiary/aromatic N) is 3. The third-order valence-electron chi connectivity index (χ3n) is 4.59. The summed E-state index contributed by atoms with van der Waals surface area (Å²) < 4.78 is 27.7. The number of piperazine rings is 1. The van der Waals surface area contributed by atoms with Gasteiger partial charge in [0.2, 0.25) is 10.0 Å². The Kier molecular flexibility index (Phi) is 7.18. The summed E-state index contributed by atoms with van der Waals surface area (Å²) in [5, 5.41) is 3.99. The molecule has 29 heavy (non-hydrogen) atoms. The fourth-order valence-corrected chi connectivity index (χ4v) is 4.74. The van der Waals surface area contributed by atoms with Crippen LogP contribution in [-0.2, 0) is 14.8 Å². The standard InChI is InChI=1S/C20H23BrN4O3S/c1-16-3-2-4-17(13-16)14-22-23-20(26)15-24-9-11-25(12-10-24)29(27,28)19-7-5-18(21)6-8-19/h2-8,13-14H,9-12,15H2,1H3,(H,23,26)/b22-14+. The lowest BCUT2D eigenvalue weighted by Gasteiger charge is -2.33. The minimum absolute atomic E-state index is 0.178. The molecule has 0 aliphatic carbocycles. The van der Waals surface area contributed by atoms with Crippen LogP contribution in [0.25, 0.3) is 0 Å². The Morgan fingerprint density at radius 2 is 1.83 bits per heavy atom. The number of nitrogens with one attached hydrogen (secondary N) is 1. The van der Waals surface area contributed by atoms with Crippen molar-refractivity contribution in [3.63, 3.8) is 0 Å². The lowest BCUT2D eigenvalue weighted by atomic mass is 10.2. The van der Waals surface area contributed by atoms with Crippen molar-refractivity contribution in [2.75, 3.05) is 32.7 Å². The highest BCUT2D eigenvalue weighted by atomic mass is 79.9. The summed E-state index contributed by atoms with van der Waals surface area (Å²) in [6.07, 6.45) is 1.60. The van der Waals surface area contributed by atoms with E-state index in [0.29, 0.717) is 26.2 Å². The molecule has 3 rings (SSSR count). The molecule has 0 unspecified atom stereocenters. The van der Waals surface area contributed by atoms with Crippen LogP contribution in [0.2, 0.25) is 0 Å². The van der Waals surface area contributed by atoms with E-state index in [-0.39, 0.29) is 17.3 Å². The van der Waals surface area contributed by atoms with Gasteiger partial charge in [-0.15, -0.1) is 0 Å². The van der Waals surface area contributed by atoms with Gasteiger partial charge in [0.25, 0.3) is 5.91 Å². The van der Waals surface area contributed by atoms with Gasteiger partial charge in [0.1, 0.15) is 0 Å². The highest BCUT2D eigenvalue weighted by Gasteiger charge is 2.28. The highest BCUT2D eigenvalue weighted by molar-refractivity contribution is 9.10. The van der Waals surface area contributed by atoms with Gasteiger partial charge in [0, 0.05) is 30.7 Å². The molecule has 0 aromatic heterocycles. The van der Waals surface area contributed by atoms with Crippen molar-refractivity contribution in [3.8, 4) is 0 Å². The molecule has 0 bridgehead atoms. The van der Waals surface area contributed by atoms with E-state index in [4.69, 9.17) is 0 Å². The molecule has 1 fully saturated rings. The lowest BCUT2D eigenvalue weighted by molar-refractivity contribution is -0.122. The molecule has 0 saturated carbocycles. The molecule has 1 aliphatic heterocycles. The van der Waals surface area contributed by atoms with Crippen molar-refractivity contribution in [3.05, 3.63) is 64.1 Å². The van der Waals surface area contributed by atoms with Crippen LogP contribution in [0.1, 0.15) is 11.1 Å². The molecule has 154 valence electrons. The minimum atomic E-state index is -3.52. The normalized spacial score (nSPS) is 16.2. The smallest absolute Gasteiger partial charge is 0.254 e. The average Bonchev–Trinajstić information content (AvgIpc) is 2.69. The van der Waals surface area contributed by atoms with Crippen LogP contribution in [-0.4, -0.2) is 62.5 Å². The van der Waals surface area contributed by atoms with Gasteiger partial charge in [-0.05, 0) is 36.8 Å². The molecule has 0 radical (unpaired) electrons. The summed E-state index contributed by atoms with van der Waals surface area (Å²) in [7, 11) is -3.52. The first kappa shape index (κ1) is 21.6. The number of hydrogen-bond acceptors (Lipinski definition) is 5. The number of hydrogen-bond donors (Lipinski definition) is 1. The third-order valence-corrected chi connectivity index (χ3v) is 7.04. The fraction of sp³-hybridized carbons (Fsp3) is 0.300. The number of hydrazone groups is 1. The molecule has 1 N–H and O–H groups in total. The van der Waals surface area contributed by atoms with Crippen LogP contribution < -0.4 is 5.43 Å². The Balaban J connectivity index is 1.48. The van der Waals surface area contributed by atoms with Crippen molar-refractivity contribution in [1.82, 2.24) is 14.6 Å². The first-order chi connectivity index (χ1) is 13.8. The topological polar surface area (TPSA) is 82.1 Å². The Morgan fingerprint density at radius 3 is 2.48 bits per heavy atom.